The van der Waals surface area contributed by atoms with E-state index >= 15 is 0 Å². The Morgan fingerprint density at radius 3 is 2.75 bits per heavy atom. The molecule has 110 valence electrons. The Morgan fingerprint density at radius 2 is 2.10 bits per heavy atom. The average Bonchev–Trinajstić information content (AvgIpc) is 2.42. The van der Waals surface area contributed by atoms with Crippen molar-refractivity contribution in [2.24, 2.45) is 5.73 Å². The largest absolute Gasteiger partial charge is 0.494 e. The van der Waals surface area contributed by atoms with Crippen molar-refractivity contribution in [1.29, 1.82) is 0 Å². The second-order valence-corrected chi connectivity index (χ2v) is 5.65. The van der Waals surface area contributed by atoms with Gasteiger partial charge in [0.05, 0.1) is 12.1 Å². The summed E-state index contributed by atoms with van der Waals surface area (Å²) in [5.74, 6) is 0.801. The van der Waals surface area contributed by atoms with Crippen LogP contribution in [0.1, 0.15) is 43.5 Å². The number of amides is 1. The molecule has 1 fully saturated rings. The second-order valence-electron chi connectivity index (χ2n) is 5.65. The lowest BCUT2D eigenvalue weighted by molar-refractivity contribution is 0.0386. The van der Waals surface area contributed by atoms with Gasteiger partial charge in [0.15, 0.2) is 0 Å². The van der Waals surface area contributed by atoms with Crippen molar-refractivity contribution in [3.05, 3.63) is 29.8 Å². The molecule has 2 rings (SSSR count). The summed E-state index contributed by atoms with van der Waals surface area (Å²) < 4.78 is 5.56. The lowest BCUT2D eigenvalue weighted by Crippen LogP contribution is -2.68. The molecule has 1 saturated heterocycles. The van der Waals surface area contributed by atoms with Crippen LogP contribution in [0.4, 0.5) is 0 Å². The predicted octanol–water partition coefficient (Wildman–Crippen LogP) is 2.43. The SMILES string of the molecule is CCCOc1cccc(C(=O)N2CC(N)(CCC)C2)c1. The number of ether oxygens (including phenoxy) is 1. The molecule has 0 bridgehead atoms. The lowest BCUT2D eigenvalue weighted by Gasteiger charge is -2.47. The molecule has 4 nitrogen and oxygen atoms in total. The lowest BCUT2D eigenvalue weighted by atomic mass is 9.86. The van der Waals surface area contributed by atoms with Crippen LogP contribution < -0.4 is 10.5 Å². The Bertz CT molecular complexity index is 467. The first-order chi connectivity index (χ1) is 9.58. The molecule has 0 saturated carbocycles. The number of benzene rings is 1. The van der Waals surface area contributed by atoms with Crippen LogP contribution in [0.5, 0.6) is 5.75 Å². The van der Waals surface area contributed by atoms with Gasteiger partial charge < -0.3 is 15.4 Å². The average molecular weight is 276 g/mol. The zero-order valence-electron chi connectivity index (χ0n) is 12.4. The van der Waals surface area contributed by atoms with Crippen LogP contribution in [-0.4, -0.2) is 36.0 Å². The summed E-state index contributed by atoms with van der Waals surface area (Å²) in [7, 11) is 0. The first kappa shape index (κ1) is 14.9. The number of nitrogens with zero attached hydrogens (tertiary/aromatic N) is 1. The minimum atomic E-state index is -0.180. The van der Waals surface area contributed by atoms with Crippen molar-refractivity contribution in [2.75, 3.05) is 19.7 Å². The third-order valence-electron chi connectivity index (χ3n) is 3.60. The second kappa shape index (κ2) is 6.27. The van der Waals surface area contributed by atoms with Crippen LogP contribution in [0.2, 0.25) is 0 Å². The zero-order chi connectivity index (χ0) is 14.6. The predicted molar refractivity (Wildman–Crippen MR) is 80.0 cm³/mol. The molecular formula is C16H24N2O2. The quantitative estimate of drug-likeness (QED) is 0.868. The Morgan fingerprint density at radius 1 is 1.35 bits per heavy atom. The molecule has 0 atom stereocenters. The first-order valence-electron chi connectivity index (χ1n) is 7.39. The molecule has 2 N–H and O–H groups in total. The maximum absolute atomic E-state index is 12.4. The van der Waals surface area contributed by atoms with Gasteiger partial charge >= 0.3 is 0 Å². The molecule has 1 amide bonds. The molecule has 0 radical (unpaired) electrons. The third kappa shape index (κ3) is 3.31. The number of hydrogen-bond acceptors (Lipinski definition) is 3. The van der Waals surface area contributed by atoms with Gasteiger partial charge in [-0.1, -0.05) is 26.3 Å². The van der Waals surface area contributed by atoms with E-state index in [0.29, 0.717) is 25.3 Å². The molecule has 0 spiro atoms. The monoisotopic (exact) mass is 276 g/mol. The van der Waals surface area contributed by atoms with Gasteiger partial charge in [0, 0.05) is 18.7 Å². The molecule has 1 aromatic rings. The van der Waals surface area contributed by atoms with Crippen molar-refractivity contribution >= 4 is 5.91 Å². The van der Waals surface area contributed by atoms with Crippen molar-refractivity contribution in [3.63, 3.8) is 0 Å². The van der Waals surface area contributed by atoms with E-state index in [1.807, 2.05) is 29.2 Å². The standard InChI is InChI=1S/C16H24N2O2/c1-3-8-16(17)11-18(12-16)15(19)13-6-5-7-14(10-13)20-9-4-2/h5-7,10H,3-4,8-9,11-12,17H2,1-2H3. The molecule has 1 aliphatic heterocycles. The van der Waals surface area contributed by atoms with Crippen LogP contribution in [0.3, 0.4) is 0 Å². The zero-order valence-corrected chi connectivity index (χ0v) is 12.4. The molecule has 20 heavy (non-hydrogen) atoms. The molecule has 0 aromatic heterocycles. The number of carbonyl (C=O) groups excluding carboxylic acids is 1. The van der Waals surface area contributed by atoms with Crippen molar-refractivity contribution < 1.29 is 9.53 Å². The van der Waals surface area contributed by atoms with E-state index in [2.05, 4.69) is 13.8 Å². The van der Waals surface area contributed by atoms with Crippen molar-refractivity contribution in [1.82, 2.24) is 4.90 Å². The van der Waals surface area contributed by atoms with Gasteiger partial charge in [0.2, 0.25) is 0 Å². The number of carbonyl (C=O) groups is 1. The Kier molecular flexibility index (Phi) is 4.65. The van der Waals surface area contributed by atoms with Crippen molar-refractivity contribution in [2.45, 2.75) is 38.6 Å². The number of nitrogens with two attached hydrogens (primary N) is 1. The van der Waals surface area contributed by atoms with Gasteiger partial charge in [-0.25, -0.2) is 0 Å². The molecule has 1 heterocycles. The van der Waals surface area contributed by atoms with Gasteiger partial charge in [-0.05, 0) is 31.0 Å². The van der Waals surface area contributed by atoms with Gasteiger partial charge in [-0.3, -0.25) is 4.79 Å². The van der Waals surface area contributed by atoms with Crippen LogP contribution in [0.15, 0.2) is 24.3 Å². The number of hydrogen-bond donors (Lipinski definition) is 1. The normalized spacial score (nSPS) is 16.6. The summed E-state index contributed by atoms with van der Waals surface area (Å²) in [6.07, 6.45) is 2.98. The van der Waals surface area contributed by atoms with Gasteiger partial charge in [-0.2, -0.15) is 0 Å². The summed E-state index contributed by atoms with van der Waals surface area (Å²) in [5.41, 5.74) is 6.69. The minimum Gasteiger partial charge on any atom is -0.494 e. The highest BCUT2D eigenvalue weighted by atomic mass is 16.5. The van der Waals surface area contributed by atoms with E-state index in [4.69, 9.17) is 10.5 Å². The van der Waals surface area contributed by atoms with Crippen LogP contribution >= 0.6 is 0 Å². The number of likely N-dealkylation sites (tertiary alicyclic amines) is 1. The van der Waals surface area contributed by atoms with E-state index in [-0.39, 0.29) is 11.4 Å². The number of rotatable bonds is 6. The third-order valence-corrected chi connectivity index (χ3v) is 3.60. The Hall–Kier alpha value is -1.55. The Labute approximate surface area is 120 Å². The molecule has 0 aliphatic carbocycles. The summed E-state index contributed by atoms with van der Waals surface area (Å²) in [5, 5.41) is 0. The van der Waals surface area contributed by atoms with Crippen molar-refractivity contribution in [3.8, 4) is 5.75 Å². The topological polar surface area (TPSA) is 55.6 Å². The summed E-state index contributed by atoms with van der Waals surface area (Å²) in [6.45, 7) is 6.15. The maximum atomic E-state index is 12.4. The fourth-order valence-corrected chi connectivity index (χ4v) is 2.63. The molecule has 4 heteroatoms. The molecule has 1 aliphatic rings. The van der Waals surface area contributed by atoms with E-state index < -0.39 is 0 Å². The highest BCUT2D eigenvalue weighted by Crippen LogP contribution is 2.26. The van der Waals surface area contributed by atoms with Gasteiger partial charge in [0.1, 0.15) is 5.75 Å². The van der Waals surface area contributed by atoms with Crippen LogP contribution in [0, 0.1) is 0 Å². The van der Waals surface area contributed by atoms with Crippen LogP contribution in [-0.2, 0) is 0 Å². The fourth-order valence-electron chi connectivity index (χ4n) is 2.63. The molecule has 1 aromatic carbocycles. The fraction of sp³-hybridized carbons (Fsp3) is 0.562. The highest BCUT2D eigenvalue weighted by Gasteiger charge is 2.41. The van der Waals surface area contributed by atoms with Crippen LogP contribution in [0.25, 0.3) is 0 Å². The molecule has 0 unspecified atom stereocenters. The van der Waals surface area contributed by atoms with Gasteiger partial charge in [0.25, 0.3) is 5.91 Å². The highest BCUT2D eigenvalue weighted by molar-refractivity contribution is 5.95. The maximum Gasteiger partial charge on any atom is 0.254 e. The van der Waals surface area contributed by atoms with E-state index in [1.165, 1.54) is 0 Å². The van der Waals surface area contributed by atoms with E-state index in [1.54, 1.807) is 0 Å². The van der Waals surface area contributed by atoms with E-state index in [9.17, 15) is 4.79 Å². The summed E-state index contributed by atoms with van der Waals surface area (Å²) in [4.78, 5) is 14.2. The van der Waals surface area contributed by atoms with Gasteiger partial charge in [-0.15, -0.1) is 0 Å². The Balaban J connectivity index is 1.97. The smallest absolute Gasteiger partial charge is 0.254 e. The summed E-state index contributed by atoms with van der Waals surface area (Å²) in [6, 6.07) is 7.39. The minimum absolute atomic E-state index is 0.0455. The molecular weight excluding hydrogens is 252 g/mol. The first-order valence-corrected chi connectivity index (χ1v) is 7.39. The summed E-state index contributed by atoms with van der Waals surface area (Å²) >= 11 is 0. The van der Waals surface area contributed by atoms with E-state index in [0.717, 1.165) is 25.0 Å².